The van der Waals surface area contributed by atoms with Crippen LogP contribution in [-0.4, -0.2) is 41.0 Å². The predicted molar refractivity (Wildman–Crippen MR) is 99.0 cm³/mol. The van der Waals surface area contributed by atoms with Crippen molar-refractivity contribution in [3.63, 3.8) is 0 Å². The van der Waals surface area contributed by atoms with Gasteiger partial charge < -0.3 is 14.8 Å². The van der Waals surface area contributed by atoms with Gasteiger partial charge >= 0.3 is 0 Å². The Bertz CT molecular complexity index is 714. The van der Waals surface area contributed by atoms with Gasteiger partial charge in [0.25, 0.3) is 5.91 Å². The highest BCUT2D eigenvalue weighted by atomic mass is 16.5. The number of aromatic nitrogens is 2. The number of amides is 1. The van der Waals surface area contributed by atoms with Gasteiger partial charge in [0, 0.05) is 19.3 Å². The molecular formula is C20H27N3O3. The molecule has 2 atom stereocenters. The smallest absolute Gasteiger partial charge is 0.255 e. The maximum atomic E-state index is 12.7. The quantitative estimate of drug-likeness (QED) is 0.827. The first-order valence-corrected chi connectivity index (χ1v) is 9.25. The van der Waals surface area contributed by atoms with E-state index in [2.05, 4.69) is 17.3 Å². The molecule has 0 aliphatic carbocycles. The summed E-state index contributed by atoms with van der Waals surface area (Å²) in [5.41, 5.74) is 2.49. The van der Waals surface area contributed by atoms with Crippen LogP contribution in [0, 0.1) is 6.92 Å². The zero-order valence-corrected chi connectivity index (χ0v) is 15.5. The van der Waals surface area contributed by atoms with Crippen molar-refractivity contribution in [2.75, 3.05) is 13.2 Å². The van der Waals surface area contributed by atoms with E-state index in [1.807, 2.05) is 48.1 Å². The highest BCUT2D eigenvalue weighted by Crippen LogP contribution is 2.16. The Kier molecular flexibility index (Phi) is 6.41. The molecule has 0 spiro atoms. The van der Waals surface area contributed by atoms with Crippen LogP contribution in [0.15, 0.2) is 36.5 Å². The van der Waals surface area contributed by atoms with Crippen LogP contribution in [0.3, 0.4) is 0 Å². The number of carbonyl (C=O) groups is 1. The number of aryl methyl sites for hydroxylation is 2. The summed E-state index contributed by atoms with van der Waals surface area (Å²) in [5, 5.41) is 7.48. The van der Waals surface area contributed by atoms with Gasteiger partial charge in [-0.05, 0) is 25.3 Å². The van der Waals surface area contributed by atoms with E-state index in [-0.39, 0.29) is 18.1 Å². The topological polar surface area (TPSA) is 65.4 Å². The van der Waals surface area contributed by atoms with Crippen LogP contribution < -0.4 is 5.32 Å². The van der Waals surface area contributed by atoms with Crippen LogP contribution >= 0.6 is 0 Å². The highest BCUT2D eigenvalue weighted by Gasteiger charge is 2.29. The molecule has 6 nitrogen and oxygen atoms in total. The highest BCUT2D eigenvalue weighted by molar-refractivity contribution is 5.95. The monoisotopic (exact) mass is 357 g/mol. The van der Waals surface area contributed by atoms with E-state index in [4.69, 9.17) is 9.47 Å². The van der Waals surface area contributed by atoms with Crippen molar-refractivity contribution in [1.82, 2.24) is 15.1 Å². The number of benzene rings is 1. The van der Waals surface area contributed by atoms with Gasteiger partial charge in [-0.3, -0.25) is 9.48 Å². The van der Waals surface area contributed by atoms with Crippen LogP contribution in [0.2, 0.25) is 0 Å². The molecule has 0 saturated carbocycles. The Balaban J connectivity index is 1.61. The molecule has 3 rings (SSSR count). The van der Waals surface area contributed by atoms with Gasteiger partial charge in [-0.2, -0.15) is 5.10 Å². The largest absolute Gasteiger partial charge is 0.379 e. The second kappa shape index (κ2) is 8.96. The number of ether oxygens (including phenoxy) is 2. The minimum absolute atomic E-state index is 0.0566. The maximum Gasteiger partial charge on any atom is 0.255 e. The average Bonchev–Trinajstić information content (AvgIpc) is 3.02. The second-order valence-corrected chi connectivity index (χ2v) is 6.67. The Hall–Kier alpha value is -2.18. The molecule has 140 valence electrons. The van der Waals surface area contributed by atoms with Crippen LogP contribution in [0.25, 0.3) is 0 Å². The molecule has 1 fully saturated rings. The third kappa shape index (κ3) is 4.71. The summed E-state index contributed by atoms with van der Waals surface area (Å²) in [6, 6.07) is 9.91. The lowest BCUT2D eigenvalue weighted by Crippen LogP contribution is -2.50. The van der Waals surface area contributed by atoms with E-state index in [1.54, 1.807) is 0 Å². The lowest BCUT2D eigenvalue weighted by molar-refractivity contribution is -0.0605. The summed E-state index contributed by atoms with van der Waals surface area (Å²) in [6.45, 7) is 6.41. The second-order valence-electron chi connectivity index (χ2n) is 6.67. The van der Waals surface area contributed by atoms with E-state index in [0.29, 0.717) is 25.4 Å². The van der Waals surface area contributed by atoms with Gasteiger partial charge in [-0.15, -0.1) is 0 Å². The molecule has 0 radical (unpaired) electrons. The van der Waals surface area contributed by atoms with Crippen molar-refractivity contribution < 1.29 is 14.3 Å². The molecule has 1 aliphatic heterocycles. The van der Waals surface area contributed by atoms with E-state index in [1.165, 1.54) is 0 Å². The van der Waals surface area contributed by atoms with Gasteiger partial charge in [0.1, 0.15) is 0 Å². The molecule has 2 aromatic rings. The summed E-state index contributed by atoms with van der Waals surface area (Å²) in [6.07, 6.45) is 3.51. The van der Waals surface area contributed by atoms with Crippen molar-refractivity contribution in [2.24, 2.45) is 0 Å². The zero-order chi connectivity index (χ0) is 18.4. The van der Waals surface area contributed by atoms with Gasteiger partial charge in [0.05, 0.1) is 36.6 Å². The Morgan fingerprint density at radius 3 is 2.96 bits per heavy atom. The maximum absolute atomic E-state index is 12.7. The standard InChI is InChI=1S/C20H27N3O3/c1-3-10-23-12-17(15(2)22-23)20(24)21-18-14-25-11-9-19(18)26-13-16-7-5-4-6-8-16/h4-8,12,18-19H,3,9-11,13-14H2,1-2H3,(H,21,24)/t18-,19+/m1/s1. The predicted octanol–water partition coefficient (Wildman–Crippen LogP) is 2.71. The Morgan fingerprint density at radius 1 is 1.38 bits per heavy atom. The van der Waals surface area contributed by atoms with Crippen LogP contribution in [0.4, 0.5) is 0 Å². The van der Waals surface area contributed by atoms with Crippen LogP contribution in [0.5, 0.6) is 0 Å². The zero-order valence-electron chi connectivity index (χ0n) is 15.5. The molecule has 1 aliphatic rings. The lowest BCUT2D eigenvalue weighted by atomic mass is 10.1. The van der Waals surface area contributed by atoms with Gasteiger partial charge in [-0.1, -0.05) is 37.3 Å². The normalized spacial score (nSPS) is 20.1. The molecule has 0 unspecified atom stereocenters. The number of hydrogen-bond acceptors (Lipinski definition) is 4. The molecule has 1 amide bonds. The van der Waals surface area contributed by atoms with Gasteiger partial charge in [0.15, 0.2) is 0 Å². The van der Waals surface area contributed by atoms with E-state index in [9.17, 15) is 4.79 Å². The fourth-order valence-corrected chi connectivity index (χ4v) is 3.16. The molecule has 6 heteroatoms. The molecule has 2 heterocycles. The molecule has 1 aromatic heterocycles. The fraction of sp³-hybridized carbons (Fsp3) is 0.500. The summed E-state index contributed by atoms with van der Waals surface area (Å²) in [4.78, 5) is 12.7. The van der Waals surface area contributed by atoms with Gasteiger partial charge in [0.2, 0.25) is 0 Å². The Labute approximate surface area is 154 Å². The van der Waals surface area contributed by atoms with Crippen molar-refractivity contribution in [3.05, 3.63) is 53.3 Å². The minimum atomic E-state index is -0.158. The average molecular weight is 357 g/mol. The number of nitrogens with one attached hydrogen (secondary N) is 1. The summed E-state index contributed by atoms with van der Waals surface area (Å²) in [7, 11) is 0. The SMILES string of the molecule is CCCn1cc(C(=O)N[C@@H]2COCC[C@@H]2OCc2ccccc2)c(C)n1. The lowest BCUT2D eigenvalue weighted by Gasteiger charge is -2.32. The Morgan fingerprint density at radius 2 is 2.19 bits per heavy atom. The van der Waals surface area contributed by atoms with Crippen molar-refractivity contribution >= 4 is 5.91 Å². The number of nitrogens with zero attached hydrogens (tertiary/aromatic N) is 2. The molecular weight excluding hydrogens is 330 g/mol. The summed E-state index contributed by atoms with van der Waals surface area (Å²) < 4.78 is 13.5. The summed E-state index contributed by atoms with van der Waals surface area (Å²) >= 11 is 0. The first kappa shape index (κ1) is 18.6. The van der Waals surface area contributed by atoms with E-state index < -0.39 is 0 Å². The van der Waals surface area contributed by atoms with E-state index >= 15 is 0 Å². The molecule has 26 heavy (non-hydrogen) atoms. The molecule has 0 bridgehead atoms. The third-order valence-electron chi connectivity index (χ3n) is 4.56. The molecule has 1 saturated heterocycles. The van der Waals surface area contributed by atoms with Crippen LogP contribution in [-0.2, 0) is 22.6 Å². The summed E-state index contributed by atoms with van der Waals surface area (Å²) in [5.74, 6) is -0.117. The van der Waals surface area contributed by atoms with E-state index in [0.717, 1.165) is 30.6 Å². The number of rotatable bonds is 7. The number of carbonyl (C=O) groups excluding carboxylic acids is 1. The van der Waals surface area contributed by atoms with Crippen molar-refractivity contribution in [1.29, 1.82) is 0 Å². The first-order chi connectivity index (χ1) is 12.7. The van der Waals surface area contributed by atoms with Crippen molar-refractivity contribution in [3.8, 4) is 0 Å². The van der Waals surface area contributed by atoms with Crippen molar-refractivity contribution in [2.45, 2.75) is 52.0 Å². The minimum Gasteiger partial charge on any atom is -0.379 e. The fourth-order valence-electron chi connectivity index (χ4n) is 3.16. The number of hydrogen-bond donors (Lipinski definition) is 1. The molecule has 1 aromatic carbocycles. The van der Waals surface area contributed by atoms with Crippen LogP contribution in [0.1, 0.15) is 41.4 Å². The third-order valence-corrected chi connectivity index (χ3v) is 4.56. The molecule has 1 N–H and O–H groups in total. The van der Waals surface area contributed by atoms with Gasteiger partial charge in [-0.25, -0.2) is 0 Å². The first-order valence-electron chi connectivity index (χ1n) is 9.25.